The number of hydrogen-bond donors (Lipinski definition) is 3. The molecule has 5 heteroatoms. The van der Waals surface area contributed by atoms with Crippen molar-refractivity contribution in [3.8, 4) is 0 Å². The fourth-order valence-corrected chi connectivity index (χ4v) is 1.77. The molecule has 4 N–H and O–H groups in total. The van der Waals surface area contributed by atoms with E-state index in [-0.39, 0.29) is 5.92 Å². The minimum Gasteiger partial charge on any atom is -0.480 e. The first-order valence-electron chi connectivity index (χ1n) is 6.26. The summed E-state index contributed by atoms with van der Waals surface area (Å²) < 4.78 is 0. The van der Waals surface area contributed by atoms with Crippen LogP contribution in [0.4, 0.5) is 5.69 Å². The van der Waals surface area contributed by atoms with Crippen LogP contribution in [0.2, 0.25) is 0 Å². The Bertz CT molecular complexity index is 486. The summed E-state index contributed by atoms with van der Waals surface area (Å²) in [5.74, 6) is -1.63. The van der Waals surface area contributed by atoms with E-state index < -0.39 is 17.9 Å². The second-order valence-corrected chi connectivity index (χ2v) is 4.77. The number of carbonyl (C=O) groups excluding carboxylic acids is 1. The van der Waals surface area contributed by atoms with Crippen LogP contribution in [0.5, 0.6) is 0 Å². The van der Waals surface area contributed by atoms with Gasteiger partial charge in [0.15, 0.2) is 0 Å². The molecule has 2 atom stereocenters. The molecular formula is C14H20N2O3. The summed E-state index contributed by atoms with van der Waals surface area (Å²) in [6, 6.07) is 4.19. The minimum absolute atomic E-state index is 0.146. The maximum absolute atomic E-state index is 12.1. The molecule has 104 valence electrons. The molecule has 19 heavy (non-hydrogen) atoms. The summed E-state index contributed by atoms with van der Waals surface area (Å²) in [5, 5.41) is 11.7. The monoisotopic (exact) mass is 264 g/mol. The van der Waals surface area contributed by atoms with Gasteiger partial charge in [0, 0.05) is 5.69 Å². The van der Waals surface area contributed by atoms with Crippen molar-refractivity contribution in [3.05, 3.63) is 29.3 Å². The van der Waals surface area contributed by atoms with Crippen molar-refractivity contribution < 1.29 is 14.7 Å². The molecule has 1 rings (SSSR count). The zero-order valence-electron chi connectivity index (χ0n) is 11.4. The number of nitrogen functional groups attached to an aromatic ring is 1. The number of carbonyl (C=O) groups is 2. The zero-order chi connectivity index (χ0) is 14.6. The number of nitrogens with two attached hydrogens (primary N) is 1. The molecule has 1 aromatic carbocycles. The summed E-state index contributed by atoms with van der Waals surface area (Å²) in [5.41, 5.74) is 7.30. The predicted octanol–water partition coefficient (Wildman–Crippen LogP) is 1.81. The molecule has 2 unspecified atom stereocenters. The van der Waals surface area contributed by atoms with Gasteiger partial charge in [-0.25, -0.2) is 4.79 Å². The van der Waals surface area contributed by atoms with Gasteiger partial charge in [0.1, 0.15) is 6.04 Å². The van der Waals surface area contributed by atoms with Crippen LogP contribution in [0, 0.1) is 12.8 Å². The summed E-state index contributed by atoms with van der Waals surface area (Å²) >= 11 is 0. The summed E-state index contributed by atoms with van der Waals surface area (Å²) in [4.78, 5) is 23.3. The van der Waals surface area contributed by atoms with Crippen LogP contribution >= 0.6 is 0 Å². The van der Waals surface area contributed by atoms with Crippen LogP contribution in [0.1, 0.15) is 36.2 Å². The summed E-state index contributed by atoms with van der Waals surface area (Å²) in [7, 11) is 0. The Labute approximate surface area is 112 Å². The summed E-state index contributed by atoms with van der Waals surface area (Å²) in [6.45, 7) is 5.52. The van der Waals surface area contributed by atoms with Gasteiger partial charge >= 0.3 is 5.97 Å². The zero-order valence-corrected chi connectivity index (χ0v) is 11.4. The highest BCUT2D eigenvalue weighted by molar-refractivity contribution is 6.01. The van der Waals surface area contributed by atoms with Gasteiger partial charge in [-0.3, -0.25) is 4.79 Å². The first-order valence-corrected chi connectivity index (χ1v) is 6.26. The van der Waals surface area contributed by atoms with Gasteiger partial charge in [0.2, 0.25) is 0 Å². The molecule has 5 nitrogen and oxygen atoms in total. The molecule has 0 heterocycles. The van der Waals surface area contributed by atoms with E-state index in [0.717, 1.165) is 5.56 Å². The normalized spacial score (nSPS) is 13.6. The van der Waals surface area contributed by atoms with Crippen molar-refractivity contribution >= 4 is 17.6 Å². The first-order chi connectivity index (χ1) is 8.86. The van der Waals surface area contributed by atoms with E-state index in [2.05, 4.69) is 5.32 Å². The lowest BCUT2D eigenvalue weighted by molar-refractivity contribution is -0.140. The van der Waals surface area contributed by atoms with Crippen molar-refractivity contribution in [2.75, 3.05) is 5.73 Å². The van der Waals surface area contributed by atoms with Crippen LogP contribution in [0.3, 0.4) is 0 Å². The molecule has 0 fully saturated rings. The second kappa shape index (κ2) is 6.22. The second-order valence-electron chi connectivity index (χ2n) is 4.77. The van der Waals surface area contributed by atoms with Gasteiger partial charge in [0.05, 0.1) is 5.56 Å². The van der Waals surface area contributed by atoms with E-state index in [4.69, 9.17) is 10.8 Å². The lowest BCUT2D eigenvalue weighted by Crippen LogP contribution is -2.45. The van der Waals surface area contributed by atoms with Crippen LogP contribution < -0.4 is 11.1 Å². The Morgan fingerprint density at radius 1 is 1.42 bits per heavy atom. The van der Waals surface area contributed by atoms with Gasteiger partial charge < -0.3 is 16.2 Å². The lowest BCUT2D eigenvalue weighted by atomic mass is 9.98. The van der Waals surface area contributed by atoms with Crippen molar-refractivity contribution in [1.29, 1.82) is 0 Å². The number of aliphatic carboxylic acids is 1. The number of anilines is 1. The molecule has 0 aliphatic heterocycles. The Balaban J connectivity index is 2.94. The molecular weight excluding hydrogens is 244 g/mol. The Hall–Kier alpha value is -2.04. The van der Waals surface area contributed by atoms with E-state index in [1.54, 1.807) is 25.1 Å². The highest BCUT2D eigenvalue weighted by atomic mass is 16.4. The van der Waals surface area contributed by atoms with E-state index in [1.165, 1.54) is 0 Å². The summed E-state index contributed by atoms with van der Waals surface area (Å²) in [6.07, 6.45) is 0.667. The molecule has 1 aromatic rings. The number of carboxylic acid groups (broad SMARTS) is 1. The van der Waals surface area contributed by atoms with Crippen LogP contribution in [-0.2, 0) is 4.79 Å². The molecule has 0 aliphatic carbocycles. The molecule has 0 saturated heterocycles. The lowest BCUT2D eigenvalue weighted by Gasteiger charge is -2.20. The topological polar surface area (TPSA) is 92.4 Å². The SMILES string of the molecule is CCC(C)C(NC(=O)c1cc(C)ccc1N)C(=O)O. The van der Waals surface area contributed by atoms with Crippen LogP contribution in [0.15, 0.2) is 18.2 Å². The molecule has 0 aromatic heterocycles. The number of hydrogen-bond acceptors (Lipinski definition) is 3. The fraction of sp³-hybridized carbons (Fsp3) is 0.429. The Morgan fingerprint density at radius 3 is 2.58 bits per heavy atom. The van der Waals surface area contributed by atoms with Gasteiger partial charge in [-0.1, -0.05) is 31.9 Å². The van der Waals surface area contributed by atoms with E-state index in [1.807, 2.05) is 13.8 Å². The number of benzene rings is 1. The fourth-order valence-electron chi connectivity index (χ4n) is 1.77. The minimum atomic E-state index is -1.03. The Morgan fingerprint density at radius 2 is 2.05 bits per heavy atom. The van der Waals surface area contributed by atoms with Gasteiger partial charge in [-0.15, -0.1) is 0 Å². The number of nitrogens with one attached hydrogen (secondary N) is 1. The quantitative estimate of drug-likeness (QED) is 0.707. The Kier molecular flexibility index (Phi) is 4.92. The van der Waals surface area contributed by atoms with Crippen molar-refractivity contribution in [3.63, 3.8) is 0 Å². The predicted molar refractivity (Wildman–Crippen MR) is 73.9 cm³/mol. The maximum atomic E-state index is 12.1. The third kappa shape index (κ3) is 3.71. The number of rotatable bonds is 5. The molecule has 0 bridgehead atoms. The molecule has 1 amide bonds. The van der Waals surface area contributed by atoms with Crippen molar-refractivity contribution in [1.82, 2.24) is 5.32 Å². The van der Waals surface area contributed by atoms with Crippen molar-refractivity contribution in [2.45, 2.75) is 33.2 Å². The maximum Gasteiger partial charge on any atom is 0.326 e. The van der Waals surface area contributed by atoms with Gasteiger partial charge in [-0.2, -0.15) is 0 Å². The van der Waals surface area contributed by atoms with Crippen LogP contribution in [-0.4, -0.2) is 23.0 Å². The highest BCUT2D eigenvalue weighted by Gasteiger charge is 2.26. The average Bonchev–Trinajstić information content (AvgIpc) is 2.37. The largest absolute Gasteiger partial charge is 0.480 e. The van der Waals surface area contributed by atoms with E-state index in [9.17, 15) is 9.59 Å². The smallest absolute Gasteiger partial charge is 0.326 e. The number of carboxylic acids is 1. The molecule has 0 radical (unpaired) electrons. The highest BCUT2D eigenvalue weighted by Crippen LogP contribution is 2.15. The molecule has 0 aliphatic rings. The van der Waals surface area contributed by atoms with E-state index >= 15 is 0 Å². The molecule has 0 spiro atoms. The first kappa shape index (κ1) is 15.0. The van der Waals surface area contributed by atoms with Crippen molar-refractivity contribution in [2.24, 2.45) is 5.92 Å². The third-order valence-corrected chi connectivity index (χ3v) is 3.22. The van der Waals surface area contributed by atoms with Crippen LogP contribution in [0.25, 0.3) is 0 Å². The van der Waals surface area contributed by atoms with E-state index in [0.29, 0.717) is 17.7 Å². The molecule has 0 saturated carbocycles. The third-order valence-electron chi connectivity index (χ3n) is 3.22. The standard InChI is InChI=1S/C14H20N2O3/c1-4-9(3)12(14(18)19)16-13(17)10-7-8(2)5-6-11(10)15/h5-7,9,12H,4,15H2,1-3H3,(H,16,17)(H,18,19). The number of aryl methyl sites for hydroxylation is 1. The van der Waals surface area contributed by atoms with Gasteiger partial charge in [0.25, 0.3) is 5.91 Å². The number of amides is 1. The van der Waals surface area contributed by atoms with Gasteiger partial charge in [-0.05, 0) is 25.0 Å². The average molecular weight is 264 g/mol.